The summed E-state index contributed by atoms with van der Waals surface area (Å²) in [5, 5.41) is 10.7. The van der Waals surface area contributed by atoms with Gasteiger partial charge in [0.25, 0.3) is 20.0 Å². The van der Waals surface area contributed by atoms with Gasteiger partial charge >= 0.3 is 5.97 Å². The third-order valence-electron chi connectivity index (χ3n) is 3.48. The lowest BCUT2D eigenvalue weighted by molar-refractivity contribution is 0.0696. The molecule has 0 radical (unpaired) electrons. The number of carbonyl (C=O) groups is 1. The minimum Gasteiger partial charge on any atom is -0.478 e. The zero-order chi connectivity index (χ0) is 20.4. The van der Waals surface area contributed by atoms with Crippen LogP contribution < -0.4 is 9.44 Å². The summed E-state index contributed by atoms with van der Waals surface area (Å²) >= 11 is 1.13. The van der Waals surface area contributed by atoms with Crippen molar-refractivity contribution in [1.82, 2.24) is 4.98 Å². The van der Waals surface area contributed by atoms with Crippen LogP contribution in [0, 0.1) is 0 Å². The normalized spacial score (nSPS) is 11.3. The van der Waals surface area contributed by atoms with E-state index in [-0.39, 0.29) is 38.6 Å². The van der Waals surface area contributed by atoms with Gasteiger partial charge in [0.2, 0.25) is 0 Å². The minimum atomic E-state index is -3.96. The third kappa shape index (κ3) is 5.44. The largest absolute Gasteiger partial charge is 0.478 e. The molecule has 0 atom stereocenters. The number of thiazole rings is 1. The summed E-state index contributed by atoms with van der Waals surface area (Å²) in [7, 11) is -7.81. The molecule has 154 valence electrons. The highest BCUT2D eigenvalue weighted by Crippen LogP contribution is 2.21. The summed E-state index contributed by atoms with van der Waals surface area (Å²) in [6.07, 6.45) is 1.46. The summed E-state index contributed by atoms with van der Waals surface area (Å²) in [6, 6.07) is 9.81. The molecule has 0 spiro atoms. The molecule has 3 rings (SSSR count). The highest BCUT2D eigenvalue weighted by molar-refractivity contribution is 7.93. The van der Waals surface area contributed by atoms with Crippen LogP contribution in [0.25, 0.3) is 0 Å². The van der Waals surface area contributed by atoms with E-state index in [0.29, 0.717) is 0 Å². The van der Waals surface area contributed by atoms with E-state index in [1.165, 1.54) is 54.7 Å². The molecule has 29 heavy (non-hydrogen) atoms. The Balaban J connectivity index is 0.00000300. The summed E-state index contributed by atoms with van der Waals surface area (Å²) in [5.41, 5.74) is 0.108. The number of anilines is 2. The molecule has 0 saturated heterocycles. The Morgan fingerprint density at radius 1 is 0.862 bits per heavy atom. The minimum absolute atomic E-state index is 0. The highest BCUT2D eigenvalue weighted by Gasteiger charge is 2.18. The molecule has 0 saturated carbocycles. The molecule has 0 fully saturated rings. The molecule has 9 nitrogen and oxygen atoms in total. The SMILES string of the molecule is Cl.O=C(O)c1ccc(S(=O)(=O)Nc2ccc(S(=O)(=O)Nc3nccs3)cc2)cc1. The van der Waals surface area contributed by atoms with Crippen LogP contribution in [0.5, 0.6) is 0 Å². The average Bonchev–Trinajstić information content (AvgIpc) is 3.14. The van der Waals surface area contributed by atoms with Crippen LogP contribution in [0.2, 0.25) is 0 Å². The molecule has 3 N–H and O–H groups in total. The standard InChI is InChI=1S/C16H13N3O6S3.ClH/c20-15(21)11-1-5-13(6-2-11)27(22,23)18-12-3-7-14(8-4-12)28(24,25)19-16-17-9-10-26-16;/h1-10,18H,(H,17,19)(H,20,21);1H. The van der Waals surface area contributed by atoms with Gasteiger partial charge in [-0.05, 0) is 48.5 Å². The molecule has 0 amide bonds. The van der Waals surface area contributed by atoms with Crippen molar-refractivity contribution < 1.29 is 26.7 Å². The fourth-order valence-corrected chi connectivity index (χ4v) is 4.99. The quantitative estimate of drug-likeness (QED) is 0.476. The fourth-order valence-electron chi connectivity index (χ4n) is 2.14. The van der Waals surface area contributed by atoms with Crippen molar-refractivity contribution in [3.8, 4) is 0 Å². The smallest absolute Gasteiger partial charge is 0.335 e. The van der Waals surface area contributed by atoms with Crippen molar-refractivity contribution >= 4 is 60.6 Å². The van der Waals surface area contributed by atoms with E-state index in [2.05, 4.69) is 14.4 Å². The predicted octanol–water partition coefficient (Wildman–Crippen LogP) is 2.86. The number of aromatic carboxylic acids is 1. The Hall–Kier alpha value is -2.67. The van der Waals surface area contributed by atoms with Crippen LogP contribution in [-0.2, 0) is 20.0 Å². The van der Waals surface area contributed by atoms with Crippen molar-refractivity contribution in [2.24, 2.45) is 0 Å². The Morgan fingerprint density at radius 3 is 1.86 bits per heavy atom. The van der Waals surface area contributed by atoms with Crippen LogP contribution in [0.1, 0.15) is 10.4 Å². The Kier molecular flexibility index (Phi) is 6.85. The molecule has 3 aromatic rings. The van der Waals surface area contributed by atoms with Gasteiger partial charge in [0.15, 0.2) is 5.13 Å². The number of hydrogen-bond acceptors (Lipinski definition) is 7. The van der Waals surface area contributed by atoms with Crippen molar-refractivity contribution in [3.63, 3.8) is 0 Å². The van der Waals surface area contributed by atoms with E-state index in [1.54, 1.807) is 5.38 Å². The number of nitrogens with one attached hydrogen (secondary N) is 2. The zero-order valence-corrected chi connectivity index (χ0v) is 17.6. The highest BCUT2D eigenvalue weighted by atomic mass is 35.5. The molecule has 0 bridgehead atoms. The topological polar surface area (TPSA) is 143 Å². The first-order valence-electron chi connectivity index (χ1n) is 7.56. The van der Waals surface area contributed by atoms with Crippen molar-refractivity contribution in [1.29, 1.82) is 0 Å². The number of carboxylic acids is 1. The molecular formula is C16H14ClN3O6S3. The lowest BCUT2D eigenvalue weighted by atomic mass is 10.2. The summed E-state index contributed by atoms with van der Waals surface area (Å²) in [4.78, 5) is 14.5. The van der Waals surface area contributed by atoms with E-state index in [4.69, 9.17) is 5.11 Å². The van der Waals surface area contributed by atoms with Crippen LogP contribution >= 0.6 is 23.7 Å². The first-order chi connectivity index (χ1) is 13.2. The molecule has 0 aliphatic rings. The van der Waals surface area contributed by atoms with E-state index >= 15 is 0 Å². The van der Waals surface area contributed by atoms with Gasteiger partial charge in [0.05, 0.1) is 15.4 Å². The maximum atomic E-state index is 12.4. The van der Waals surface area contributed by atoms with Crippen LogP contribution in [0.15, 0.2) is 69.9 Å². The van der Waals surface area contributed by atoms with E-state index < -0.39 is 26.0 Å². The molecule has 1 heterocycles. The van der Waals surface area contributed by atoms with Crippen molar-refractivity contribution in [2.75, 3.05) is 9.44 Å². The number of sulfonamides is 2. The average molecular weight is 476 g/mol. The number of hydrogen-bond donors (Lipinski definition) is 3. The Bertz CT molecular complexity index is 1190. The maximum absolute atomic E-state index is 12.4. The first kappa shape index (κ1) is 22.6. The van der Waals surface area contributed by atoms with Crippen LogP contribution in [0.3, 0.4) is 0 Å². The molecule has 13 heteroatoms. The van der Waals surface area contributed by atoms with Gasteiger partial charge in [0, 0.05) is 17.3 Å². The first-order valence-corrected chi connectivity index (χ1v) is 11.4. The lowest BCUT2D eigenvalue weighted by Crippen LogP contribution is -2.14. The van der Waals surface area contributed by atoms with Gasteiger partial charge in [-0.25, -0.2) is 26.6 Å². The lowest BCUT2D eigenvalue weighted by Gasteiger charge is -2.10. The summed E-state index contributed by atoms with van der Waals surface area (Å²) in [6.45, 7) is 0. The molecule has 2 aromatic carbocycles. The molecule has 0 unspecified atom stereocenters. The van der Waals surface area contributed by atoms with Crippen LogP contribution in [0.4, 0.5) is 10.8 Å². The number of halogens is 1. The third-order valence-corrected chi connectivity index (χ3v) is 7.05. The second-order valence-corrected chi connectivity index (χ2v) is 9.66. The fraction of sp³-hybridized carbons (Fsp3) is 0. The van der Waals surface area contributed by atoms with Gasteiger partial charge in [-0.15, -0.1) is 23.7 Å². The van der Waals surface area contributed by atoms with E-state index in [0.717, 1.165) is 11.3 Å². The summed E-state index contributed by atoms with van der Waals surface area (Å²) < 4.78 is 53.9. The second-order valence-electron chi connectivity index (χ2n) is 5.40. The van der Waals surface area contributed by atoms with Gasteiger partial charge in [-0.1, -0.05) is 0 Å². The van der Waals surface area contributed by atoms with Crippen LogP contribution in [-0.4, -0.2) is 32.9 Å². The molecular weight excluding hydrogens is 462 g/mol. The number of aromatic nitrogens is 1. The molecule has 0 aliphatic heterocycles. The van der Waals surface area contributed by atoms with E-state index in [9.17, 15) is 21.6 Å². The van der Waals surface area contributed by atoms with Gasteiger partial charge < -0.3 is 5.11 Å². The Morgan fingerprint density at radius 2 is 1.38 bits per heavy atom. The van der Waals surface area contributed by atoms with Gasteiger partial charge in [-0.2, -0.15) is 0 Å². The number of carboxylic acid groups (broad SMARTS) is 1. The maximum Gasteiger partial charge on any atom is 0.335 e. The van der Waals surface area contributed by atoms with Crippen molar-refractivity contribution in [3.05, 3.63) is 65.7 Å². The number of benzene rings is 2. The van der Waals surface area contributed by atoms with E-state index in [1.807, 2.05) is 0 Å². The number of rotatable bonds is 7. The molecule has 0 aliphatic carbocycles. The van der Waals surface area contributed by atoms with Gasteiger partial charge in [-0.3, -0.25) is 9.44 Å². The predicted molar refractivity (Wildman–Crippen MR) is 111 cm³/mol. The Labute approximate surface area is 177 Å². The monoisotopic (exact) mass is 475 g/mol. The zero-order valence-electron chi connectivity index (χ0n) is 14.3. The summed E-state index contributed by atoms with van der Waals surface area (Å²) in [5.74, 6) is -1.17. The molecule has 1 aromatic heterocycles. The van der Waals surface area contributed by atoms with Gasteiger partial charge in [0.1, 0.15) is 0 Å². The second kappa shape index (κ2) is 8.78. The van der Waals surface area contributed by atoms with Crippen molar-refractivity contribution in [2.45, 2.75) is 9.79 Å². The number of nitrogens with zero attached hydrogens (tertiary/aromatic N) is 1.